The number of sulfone groups is 1. The van der Waals surface area contributed by atoms with Crippen LogP contribution in [0.4, 0.5) is 11.4 Å². The van der Waals surface area contributed by atoms with Gasteiger partial charge in [0.2, 0.25) is 11.8 Å². The van der Waals surface area contributed by atoms with E-state index in [1.165, 1.54) is 18.2 Å². The zero-order valence-corrected chi connectivity index (χ0v) is 13.9. The Bertz CT molecular complexity index is 927. The molecule has 0 unspecified atom stereocenters. The summed E-state index contributed by atoms with van der Waals surface area (Å²) in [7, 11) is -3.93. The maximum atomic E-state index is 12.6. The molecule has 1 aliphatic rings. The van der Waals surface area contributed by atoms with Gasteiger partial charge in [-0.2, -0.15) is 0 Å². The molecule has 124 valence electrons. The third kappa shape index (κ3) is 3.13. The molecule has 2 amide bonds. The molecule has 6 nitrogen and oxygen atoms in total. The maximum Gasteiger partial charge on any atom is 0.243 e. The molecule has 8 heteroatoms. The van der Waals surface area contributed by atoms with Crippen molar-refractivity contribution in [1.29, 1.82) is 0 Å². The van der Waals surface area contributed by atoms with E-state index in [4.69, 9.17) is 11.6 Å². The van der Waals surface area contributed by atoms with Gasteiger partial charge in [0.15, 0.2) is 15.1 Å². The number of rotatable bonds is 3. The van der Waals surface area contributed by atoms with Crippen LogP contribution in [0, 0.1) is 0 Å². The van der Waals surface area contributed by atoms with E-state index in [1.54, 1.807) is 30.3 Å². The van der Waals surface area contributed by atoms with E-state index in [0.717, 1.165) is 0 Å². The van der Waals surface area contributed by atoms with Crippen LogP contribution >= 0.6 is 11.6 Å². The molecule has 0 spiro atoms. The van der Waals surface area contributed by atoms with E-state index in [9.17, 15) is 18.0 Å². The number of anilines is 2. The molecule has 0 bridgehead atoms. The van der Waals surface area contributed by atoms with Gasteiger partial charge < -0.3 is 10.6 Å². The first-order valence-corrected chi connectivity index (χ1v) is 8.99. The Morgan fingerprint density at radius 2 is 1.92 bits per heavy atom. The summed E-state index contributed by atoms with van der Waals surface area (Å²) in [6, 6.07) is 12.6. The molecule has 24 heavy (non-hydrogen) atoms. The molecule has 1 heterocycles. The lowest BCUT2D eigenvalue weighted by Crippen LogP contribution is -2.42. The second kappa shape index (κ2) is 6.26. The van der Waals surface area contributed by atoms with E-state index in [1.807, 2.05) is 0 Å². The van der Waals surface area contributed by atoms with Crippen molar-refractivity contribution < 1.29 is 18.0 Å². The zero-order chi connectivity index (χ0) is 17.3. The Balaban J connectivity index is 1.82. The van der Waals surface area contributed by atoms with Crippen LogP contribution in [0.15, 0.2) is 53.4 Å². The summed E-state index contributed by atoms with van der Waals surface area (Å²) in [6.07, 6.45) is -0.477. The molecule has 2 N–H and O–H groups in total. The van der Waals surface area contributed by atoms with Crippen LogP contribution in [0.2, 0.25) is 5.02 Å². The maximum absolute atomic E-state index is 12.6. The Morgan fingerprint density at radius 3 is 2.67 bits per heavy atom. The number of carbonyl (C=O) groups excluding carboxylic acids is 2. The van der Waals surface area contributed by atoms with E-state index in [0.29, 0.717) is 10.7 Å². The summed E-state index contributed by atoms with van der Waals surface area (Å²) in [4.78, 5) is 24.3. The molecule has 0 aliphatic carbocycles. The molecule has 0 aromatic heterocycles. The standard InChI is InChI=1S/C16H13ClN2O4S/c17-10-4-3-5-11(8-10)18-15(20)9-14-16(21)19-12-6-1-2-7-13(12)24(14,22)23/h1-8,14H,9H2,(H,18,20)(H,19,21)/t14-/m1/s1. The minimum atomic E-state index is -3.93. The van der Waals surface area contributed by atoms with Crippen molar-refractivity contribution in [3.05, 3.63) is 53.6 Å². The first-order chi connectivity index (χ1) is 11.4. The first-order valence-electron chi connectivity index (χ1n) is 7.07. The van der Waals surface area contributed by atoms with Gasteiger partial charge >= 0.3 is 0 Å². The van der Waals surface area contributed by atoms with Gasteiger partial charge in [-0.1, -0.05) is 29.8 Å². The van der Waals surface area contributed by atoms with Crippen LogP contribution in [-0.4, -0.2) is 25.5 Å². The topological polar surface area (TPSA) is 92.3 Å². The predicted octanol–water partition coefficient (Wildman–Crippen LogP) is 2.46. The van der Waals surface area contributed by atoms with Crippen LogP contribution in [-0.2, 0) is 19.4 Å². The monoisotopic (exact) mass is 364 g/mol. The number of hydrogen-bond donors (Lipinski definition) is 2. The van der Waals surface area contributed by atoms with E-state index in [2.05, 4.69) is 10.6 Å². The second-order valence-electron chi connectivity index (χ2n) is 5.28. The average molecular weight is 365 g/mol. The lowest BCUT2D eigenvalue weighted by atomic mass is 10.2. The molecule has 2 aromatic rings. The fourth-order valence-corrected chi connectivity index (χ4v) is 4.38. The highest BCUT2D eigenvalue weighted by molar-refractivity contribution is 7.93. The number of para-hydroxylation sites is 1. The number of fused-ring (bicyclic) bond motifs is 1. The van der Waals surface area contributed by atoms with Gasteiger partial charge in [0.1, 0.15) is 0 Å². The zero-order valence-electron chi connectivity index (χ0n) is 12.3. The van der Waals surface area contributed by atoms with Gasteiger partial charge in [-0.15, -0.1) is 0 Å². The van der Waals surface area contributed by atoms with Crippen molar-refractivity contribution in [2.24, 2.45) is 0 Å². The lowest BCUT2D eigenvalue weighted by Gasteiger charge is -2.24. The van der Waals surface area contributed by atoms with Gasteiger partial charge in [-0.05, 0) is 30.3 Å². The van der Waals surface area contributed by atoms with Crippen LogP contribution in [0.25, 0.3) is 0 Å². The minimum Gasteiger partial charge on any atom is -0.326 e. The van der Waals surface area contributed by atoms with Crippen molar-refractivity contribution in [3.8, 4) is 0 Å². The lowest BCUT2D eigenvalue weighted by molar-refractivity contribution is -0.121. The predicted molar refractivity (Wildman–Crippen MR) is 90.7 cm³/mol. The number of amides is 2. The van der Waals surface area contributed by atoms with Crippen LogP contribution < -0.4 is 10.6 Å². The number of halogens is 1. The fourth-order valence-electron chi connectivity index (χ4n) is 2.47. The Hall–Kier alpha value is -2.38. The Kier molecular flexibility index (Phi) is 4.29. The summed E-state index contributed by atoms with van der Waals surface area (Å²) < 4.78 is 25.2. The Labute approximate surface area is 143 Å². The van der Waals surface area contributed by atoms with E-state index >= 15 is 0 Å². The van der Waals surface area contributed by atoms with Gasteiger partial charge in [-0.25, -0.2) is 8.42 Å². The summed E-state index contributed by atoms with van der Waals surface area (Å²) in [6.45, 7) is 0. The molecule has 2 aromatic carbocycles. The SMILES string of the molecule is O=C(C[C@@H]1C(=O)Nc2ccccc2S1(=O)=O)Nc1cccc(Cl)c1. The largest absolute Gasteiger partial charge is 0.326 e. The normalized spacial score (nSPS) is 18.4. The van der Waals surface area contributed by atoms with E-state index in [-0.39, 0.29) is 10.6 Å². The van der Waals surface area contributed by atoms with Crippen LogP contribution in [0.1, 0.15) is 6.42 Å². The van der Waals surface area contributed by atoms with Crippen molar-refractivity contribution in [3.63, 3.8) is 0 Å². The summed E-state index contributed by atoms with van der Waals surface area (Å²) in [5.41, 5.74) is 0.663. The highest BCUT2D eigenvalue weighted by atomic mass is 35.5. The molecule has 0 radical (unpaired) electrons. The summed E-state index contributed by atoms with van der Waals surface area (Å²) >= 11 is 5.83. The van der Waals surface area contributed by atoms with E-state index < -0.39 is 33.3 Å². The molecule has 1 aliphatic heterocycles. The quantitative estimate of drug-likeness (QED) is 0.875. The second-order valence-corrected chi connectivity index (χ2v) is 7.82. The van der Waals surface area contributed by atoms with Crippen LogP contribution in [0.5, 0.6) is 0 Å². The molecule has 0 fully saturated rings. The van der Waals surface area contributed by atoms with Gasteiger partial charge in [0.05, 0.1) is 17.0 Å². The number of carbonyl (C=O) groups is 2. The smallest absolute Gasteiger partial charge is 0.243 e. The van der Waals surface area contributed by atoms with Gasteiger partial charge in [0.25, 0.3) is 0 Å². The number of benzene rings is 2. The fraction of sp³-hybridized carbons (Fsp3) is 0.125. The van der Waals surface area contributed by atoms with Crippen LogP contribution in [0.3, 0.4) is 0 Å². The van der Waals surface area contributed by atoms with Crippen molar-refractivity contribution in [2.75, 3.05) is 10.6 Å². The molecule has 3 rings (SSSR count). The Morgan fingerprint density at radius 1 is 1.17 bits per heavy atom. The third-order valence-electron chi connectivity index (χ3n) is 3.60. The first kappa shape index (κ1) is 16.5. The number of nitrogens with one attached hydrogen (secondary N) is 2. The molecular formula is C16H13ClN2O4S. The van der Waals surface area contributed by atoms with Crippen molar-refractivity contribution in [1.82, 2.24) is 0 Å². The van der Waals surface area contributed by atoms with Gasteiger partial charge in [-0.3, -0.25) is 9.59 Å². The number of hydrogen-bond acceptors (Lipinski definition) is 4. The van der Waals surface area contributed by atoms with Crippen molar-refractivity contribution in [2.45, 2.75) is 16.6 Å². The molecule has 1 atom stereocenters. The van der Waals surface area contributed by atoms with Gasteiger partial charge in [0, 0.05) is 10.7 Å². The van der Waals surface area contributed by atoms with Crippen molar-refractivity contribution >= 4 is 44.6 Å². The summed E-state index contributed by atoms with van der Waals surface area (Å²) in [5.74, 6) is -1.30. The molecular weight excluding hydrogens is 352 g/mol. The molecule has 0 saturated heterocycles. The average Bonchev–Trinajstić information content (AvgIpc) is 2.51. The minimum absolute atomic E-state index is 0.0187. The highest BCUT2D eigenvalue weighted by Crippen LogP contribution is 2.31. The molecule has 0 saturated carbocycles. The highest BCUT2D eigenvalue weighted by Gasteiger charge is 2.41. The summed E-state index contributed by atoms with van der Waals surface area (Å²) in [5, 5.41) is 4.04. The third-order valence-corrected chi connectivity index (χ3v) is 5.93.